The lowest BCUT2D eigenvalue weighted by Crippen LogP contribution is -2.51. The Labute approximate surface area is 182 Å². The highest BCUT2D eigenvalue weighted by molar-refractivity contribution is 14.1. The van der Waals surface area contributed by atoms with Gasteiger partial charge in [0, 0.05) is 41.0 Å². The molecule has 3 rings (SSSR count). The fraction of sp³-hybridized carbons (Fsp3) is 0.526. The molecule has 2 atom stereocenters. The van der Waals surface area contributed by atoms with Crippen molar-refractivity contribution in [1.82, 2.24) is 10.0 Å². The van der Waals surface area contributed by atoms with Gasteiger partial charge in [0.2, 0.25) is 0 Å². The minimum atomic E-state index is -3.76. The van der Waals surface area contributed by atoms with E-state index < -0.39 is 26.8 Å². The van der Waals surface area contributed by atoms with Gasteiger partial charge in [-0.15, -0.1) is 0 Å². The van der Waals surface area contributed by atoms with Crippen LogP contribution in [0.15, 0.2) is 24.4 Å². The molecule has 29 heavy (non-hydrogen) atoms. The van der Waals surface area contributed by atoms with E-state index in [9.17, 15) is 17.6 Å². The number of carbonyl (C=O) groups excluding carboxylic acids is 1. The first-order valence-electron chi connectivity index (χ1n) is 9.33. The molecule has 1 N–H and O–H groups in total. The average molecular weight is 538 g/mol. The average Bonchev–Trinajstić information content (AvgIpc) is 3.10. The van der Waals surface area contributed by atoms with E-state index in [-0.39, 0.29) is 18.8 Å². The summed E-state index contributed by atoms with van der Waals surface area (Å²) in [7, 11) is -3.76. The van der Waals surface area contributed by atoms with Crippen molar-refractivity contribution in [3.63, 3.8) is 0 Å². The third kappa shape index (κ3) is 4.75. The number of hydrogen-bond acceptors (Lipinski definition) is 5. The number of sulfone groups is 1. The number of aromatic nitrogens is 1. The van der Waals surface area contributed by atoms with Gasteiger partial charge >= 0.3 is 0 Å². The minimum Gasteiger partial charge on any atom is -0.350 e. The summed E-state index contributed by atoms with van der Waals surface area (Å²) in [4.78, 5) is 18.0. The minimum absolute atomic E-state index is 0.00390. The van der Waals surface area contributed by atoms with Crippen molar-refractivity contribution in [2.45, 2.75) is 50.2 Å². The lowest BCUT2D eigenvalue weighted by Gasteiger charge is -2.28. The van der Waals surface area contributed by atoms with Crippen molar-refractivity contribution in [2.24, 2.45) is 0 Å². The van der Waals surface area contributed by atoms with E-state index >= 15 is 0 Å². The molecule has 160 valence electrons. The van der Waals surface area contributed by atoms with E-state index in [2.05, 4.69) is 5.48 Å². The Kier molecular flexibility index (Phi) is 6.86. The predicted octanol–water partition coefficient (Wildman–Crippen LogP) is 3.15. The molecule has 1 aliphatic rings. The van der Waals surface area contributed by atoms with Crippen LogP contribution >= 0.6 is 22.6 Å². The van der Waals surface area contributed by atoms with Gasteiger partial charge in [0.15, 0.2) is 20.9 Å². The number of hydrogen-bond donors (Lipinski definition) is 1. The number of halogens is 2. The summed E-state index contributed by atoms with van der Waals surface area (Å²) in [6.45, 7) is 2.14. The van der Waals surface area contributed by atoms with Gasteiger partial charge in [-0.3, -0.25) is 4.79 Å². The van der Waals surface area contributed by atoms with Gasteiger partial charge in [-0.25, -0.2) is 23.1 Å². The number of benzene rings is 1. The number of aryl methyl sites for hydroxylation is 1. The molecule has 1 saturated heterocycles. The Morgan fingerprint density at radius 1 is 1.41 bits per heavy atom. The first-order chi connectivity index (χ1) is 13.6. The van der Waals surface area contributed by atoms with Crippen LogP contribution in [0.25, 0.3) is 10.9 Å². The molecule has 1 fully saturated rings. The lowest BCUT2D eigenvalue weighted by atomic mass is 10.1. The highest BCUT2D eigenvalue weighted by Crippen LogP contribution is 2.27. The number of rotatable bonds is 7. The van der Waals surface area contributed by atoms with E-state index in [1.54, 1.807) is 29.0 Å². The smallest absolute Gasteiger partial charge is 0.264 e. The van der Waals surface area contributed by atoms with Crippen LogP contribution in [-0.4, -0.2) is 42.8 Å². The third-order valence-corrected chi connectivity index (χ3v) is 8.25. The maximum atomic E-state index is 14.3. The summed E-state index contributed by atoms with van der Waals surface area (Å²) in [5, 5.41) is 0.459. The first-order valence-corrected chi connectivity index (χ1v) is 12.3. The zero-order chi connectivity index (χ0) is 21.2. The van der Waals surface area contributed by atoms with Crippen LogP contribution in [0.4, 0.5) is 4.39 Å². The second-order valence-corrected chi connectivity index (χ2v) is 11.0. The zero-order valence-electron chi connectivity index (χ0n) is 16.3. The van der Waals surface area contributed by atoms with Crippen molar-refractivity contribution in [3.8, 4) is 0 Å². The maximum absolute atomic E-state index is 14.3. The fourth-order valence-corrected chi connectivity index (χ4v) is 4.55. The Morgan fingerprint density at radius 3 is 2.83 bits per heavy atom. The van der Waals surface area contributed by atoms with Crippen molar-refractivity contribution in [3.05, 3.63) is 33.8 Å². The van der Waals surface area contributed by atoms with E-state index in [1.165, 1.54) is 6.92 Å². The Hall–Kier alpha value is -1.24. The lowest BCUT2D eigenvalue weighted by molar-refractivity contribution is -0.201. The maximum Gasteiger partial charge on any atom is 0.264 e. The summed E-state index contributed by atoms with van der Waals surface area (Å²) >= 11 is 1.92. The van der Waals surface area contributed by atoms with Crippen LogP contribution in [0.5, 0.6) is 0 Å². The summed E-state index contributed by atoms with van der Waals surface area (Å²) < 4.78 is 45.1. The largest absolute Gasteiger partial charge is 0.350 e. The van der Waals surface area contributed by atoms with Gasteiger partial charge in [-0.2, -0.15) is 0 Å². The molecule has 0 bridgehead atoms. The van der Waals surface area contributed by atoms with Gasteiger partial charge in [-0.1, -0.05) is 0 Å². The molecule has 0 aliphatic carbocycles. The molecule has 2 heterocycles. The fourth-order valence-electron chi connectivity index (χ4n) is 3.24. The number of ether oxygens (including phenoxy) is 1. The second kappa shape index (κ2) is 8.86. The van der Waals surface area contributed by atoms with Crippen LogP contribution < -0.4 is 5.48 Å². The van der Waals surface area contributed by atoms with Crippen LogP contribution in [-0.2, 0) is 30.8 Å². The van der Waals surface area contributed by atoms with Crippen molar-refractivity contribution >= 4 is 49.2 Å². The van der Waals surface area contributed by atoms with Gasteiger partial charge in [0.1, 0.15) is 5.82 Å². The van der Waals surface area contributed by atoms with Crippen molar-refractivity contribution in [2.75, 3.05) is 12.9 Å². The molecule has 0 saturated carbocycles. The SMILES string of the molecule is CC(CCn1ccc2c(F)c(I)ccc21)(C(=O)NOC1CCCCO1)S(C)(=O)=O. The summed E-state index contributed by atoms with van der Waals surface area (Å²) in [6, 6.07) is 5.09. The molecule has 1 aromatic heterocycles. The topological polar surface area (TPSA) is 86.6 Å². The zero-order valence-corrected chi connectivity index (χ0v) is 19.3. The van der Waals surface area contributed by atoms with Gasteiger partial charge < -0.3 is 9.30 Å². The standard InChI is InChI=1S/C19H24FIN2O5S/c1-19(29(2,25)26,18(24)22-28-16-5-3-4-12-27-16)9-11-23-10-8-13-15(23)7-6-14(21)17(13)20/h6-8,10,16H,3-5,9,11-12H2,1-2H3,(H,22,24). The number of carbonyl (C=O) groups is 1. The van der Waals surface area contributed by atoms with Gasteiger partial charge in [-0.05, 0) is 67.0 Å². The number of nitrogens with zero attached hydrogens (tertiary/aromatic N) is 1. The molecule has 1 amide bonds. The second-order valence-electron chi connectivity index (χ2n) is 7.40. The predicted molar refractivity (Wildman–Crippen MR) is 115 cm³/mol. The molecule has 1 aromatic carbocycles. The normalized spacial score (nSPS) is 19.8. The van der Waals surface area contributed by atoms with Crippen LogP contribution in [0.2, 0.25) is 0 Å². The molecule has 7 nitrogen and oxygen atoms in total. The molecule has 1 aliphatic heterocycles. The van der Waals surface area contributed by atoms with E-state index in [0.717, 1.165) is 19.1 Å². The molecule has 10 heteroatoms. The van der Waals surface area contributed by atoms with Gasteiger partial charge in [0.05, 0.1) is 5.52 Å². The Morgan fingerprint density at radius 2 is 2.17 bits per heavy atom. The van der Waals surface area contributed by atoms with E-state index in [1.807, 2.05) is 22.6 Å². The summed E-state index contributed by atoms with van der Waals surface area (Å²) in [5.74, 6) is -1.06. The number of nitrogens with one attached hydrogen (secondary N) is 1. The molecule has 2 aromatic rings. The Bertz CT molecular complexity index is 1000. The molecular formula is C19H24FIN2O5S. The van der Waals surface area contributed by atoms with Crippen molar-refractivity contribution < 1.29 is 27.2 Å². The van der Waals surface area contributed by atoms with E-state index in [4.69, 9.17) is 9.57 Å². The van der Waals surface area contributed by atoms with Crippen LogP contribution in [0.1, 0.15) is 32.6 Å². The highest BCUT2D eigenvalue weighted by atomic mass is 127. The highest BCUT2D eigenvalue weighted by Gasteiger charge is 2.44. The van der Waals surface area contributed by atoms with Gasteiger partial charge in [0.25, 0.3) is 5.91 Å². The monoisotopic (exact) mass is 538 g/mol. The number of amides is 1. The summed E-state index contributed by atoms with van der Waals surface area (Å²) in [5.41, 5.74) is 2.91. The Balaban J connectivity index is 1.75. The molecular weight excluding hydrogens is 514 g/mol. The molecule has 2 unspecified atom stereocenters. The van der Waals surface area contributed by atoms with Crippen LogP contribution in [0, 0.1) is 9.39 Å². The molecule has 0 spiro atoms. The van der Waals surface area contributed by atoms with Crippen molar-refractivity contribution in [1.29, 1.82) is 0 Å². The molecule has 0 radical (unpaired) electrons. The summed E-state index contributed by atoms with van der Waals surface area (Å²) in [6.07, 6.45) is 4.63. The van der Waals surface area contributed by atoms with E-state index in [0.29, 0.717) is 27.5 Å². The number of hydroxylamine groups is 1. The quantitative estimate of drug-likeness (QED) is 0.433. The first kappa shape index (κ1) is 22.4. The third-order valence-electron chi connectivity index (χ3n) is 5.39. The number of fused-ring (bicyclic) bond motifs is 1. The van der Waals surface area contributed by atoms with Crippen LogP contribution in [0.3, 0.4) is 0 Å².